The largest absolute Gasteiger partial charge is 0.507 e. The maximum Gasteiger partial charge on any atom is 0.148 e. The molecule has 2 heterocycles. The zero-order chi connectivity index (χ0) is 55.6. The summed E-state index contributed by atoms with van der Waals surface area (Å²) < 4.78 is 82.3. The molecule has 0 fully saturated rings. The van der Waals surface area contributed by atoms with Crippen LogP contribution >= 0.6 is 0 Å². The summed E-state index contributed by atoms with van der Waals surface area (Å²) in [6.45, 7) is 29.9. The molecule has 67 heavy (non-hydrogen) atoms. The van der Waals surface area contributed by atoms with E-state index in [-0.39, 0.29) is 72.7 Å². The summed E-state index contributed by atoms with van der Waals surface area (Å²) in [6.07, 6.45) is -0.489. The van der Waals surface area contributed by atoms with Crippen LogP contribution in [0.5, 0.6) is 5.75 Å². The van der Waals surface area contributed by atoms with Crippen molar-refractivity contribution in [1.82, 2.24) is 14.5 Å². The first-order valence-electron chi connectivity index (χ1n) is 27.3. The summed E-state index contributed by atoms with van der Waals surface area (Å²) >= 11 is 0. The number of pyridine rings is 1. The first-order valence-corrected chi connectivity index (χ1v) is 22.8. The quantitative estimate of drug-likeness (QED) is 0.154. The number of fused-ring (bicyclic) bond motifs is 1. The van der Waals surface area contributed by atoms with E-state index in [0.717, 1.165) is 55.7 Å². The minimum absolute atomic E-state index is 0. The van der Waals surface area contributed by atoms with E-state index in [1.165, 1.54) is 6.92 Å². The van der Waals surface area contributed by atoms with Gasteiger partial charge in [-0.05, 0) is 117 Å². The minimum Gasteiger partial charge on any atom is -0.507 e. The van der Waals surface area contributed by atoms with Gasteiger partial charge in [-0.1, -0.05) is 179 Å². The van der Waals surface area contributed by atoms with Gasteiger partial charge in [0, 0.05) is 41.2 Å². The molecule has 0 aliphatic rings. The SMILES string of the molecule is [2H]c1nc(-c2[c-]c(-c3cccc4c3nc(-c3cc(C(C)(C)C)cc(C(C)(C)C)c3O)n4-c3ccc(-c4cc(C([2H])(C)C)cc(C([2H])(C)C)c4)cc3C)cc(C(C)(C)C)c2)c([2H])c(-c2c([2H])c([2H])c(C)c([2H])c2[2H])c1[2H].[Pt]. The molecule has 0 radical (unpaired) electrons. The smallest absolute Gasteiger partial charge is 0.148 e. The summed E-state index contributed by atoms with van der Waals surface area (Å²) in [5, 5.41) is 12.5. The monoisotopic (exact) mass is 1070 g/mol. The van der Waals surface area contributed by atoms with Gasteiger partial charge >= 0.3 is 0 Å². The maximum atomic E-state index is 12.5. The summed E-state index contributed by atoms with van der Waals surface area (Å²) in [5.41, 5.74) is 9.83. The third-order valence-electron chi connectivity index (χ3n) is 12.4. The Morgan fingerprint density at radius 2 is 1.27 bits per heavy atom. The van der Waals surface area contributed by atoms with Crippen molar-refractivity contribution in [1.29, 1.82) is 0 Å². The van der Waals surface area contributed by atoms with E-state index in [0.29, 0.717) is 33.6 Å². The van der Waals surface area contributed by atoms with Crippen LogP contribution in [0.4, 0.5) is 0 Å². The number of hydrogen-bond donors (Lipinski definition) is 1. The van der Waals surface area contributed by atoms with Crippen molar-refractivity contribution in [3.63, 3.8) is 0 Å². The van der Waals surface area contributed by atoms with E-state index in [1.54, 1.807) is 0 Å². The van der Waals surface area contributed by atoms with E-state index in [9.17, 15) is 6.48 Å². The zero-order valence-electron chi connectivity index (χ0n) is 50.6. The molecule has 348 valence electrons. The van der Waals surface area contributed by atoms with Crippen molar-refractivity contribution in [2.45, 2.75) is 132 Å². The van der Waals surface area contributed by atoms with Gasteiger partial charge in [-0.15, -0.1) is 29.3 Å². The summed E-state index contributed by atoms with van der Waals surface area (Å²) in [6, 6.07) is 27.5. The fraction of sp³-hybridized carbons (Fsp3) is 0.323. The van der Waals surface area contributed by atoms with Crippen LogP contribution in [0.2, 0.25) is 0 Å². The predicted octanol–water partition coefficient (Wildman–Crippen LogP) is 17.0. The molecule has 0 aliphatic heterocycles. The average Bonchev–Trinajstić information content (AvgIpc) is 3.69. The number of aryl methyl sites for hydroxylation is 1. The number of nitrogens with zero attached hydrogens (tertiary/aromatic N) is 3. The number of benzene rings is 6. The van der Waals surface area contributed by atoms with Gasteiger partial charge in [-0.2, -0.15) is 0 Å². The Balaban J connectivity index is 0.00000840. The zero-order valence-corrected chi connectivity index (χ0v) is 43.9. The molecule has 2 aromatic heterocycles. The number of phenols is 1. The fourth-order valence-corrected chi connectivity index (χ4v) is 8.35. The van der Waals surface area contributed by atoms with Gasteiger partial charge < -0.3 is 5.11 Å². The van der Waals surface area contributed by atoms with Crippen molar-refractivity contribution in [2.24, 2.45) is 0 Å². The van der Waals surface area contributed by atoms with Gasteiger partial charge in [0.05, 0.1) is 31.9 Å². The molecular weight excluding hydrogens is 998 g/mol. The van der Waals surface area contributed by atoms with Crippen LogP contribution in [0.15, 0.2) is 121 Å². The second-order valence-corrected chi connectivity index (χ2v) is 21.3. The molecular formula is C62H68N3OPt-. The van der Waals surface area contributed by atoms with Crippen LogP contribution < -0.4 is 0 Å². The molecule has 6 aromatic carbocycles. The van der Waals surface area contributed by atoms with E-state index in [4.69, 9.17) is 16.0 Å². The first-order chi connectivity index (χ1) is 34.5. The standard InChI is InChI=1S/C62H68N3O.Pt/c1-37(2)44-28-45(38(3)4)30-46(29-44)42-23-24-55(40(6)27-42)65-56-18-16-17-51(57(56)64-59(65)52-35-50(61(10,11)12)36-53(58(52)66)62(13,14)15)47-31-48(33-49(32-47)60(7,8)9)54-34-43(25-26-63-54)41-21-19-39(5)20-22-41;/h16-30,32-38,66H,1-15H3;/q-1;/i19D,20D,21D,22D,25D,26D,34D,37D,38D;. The van der Waals surface area contributed by atoms with Crippen molar-refractivity contribution < 1.29 is 38.5 Å². The van der Waals surface area contributed by atoms with Crippen molar-refractivity contribution in [2.75, 3.05) is 0 Å². The van der Waals surface area contributed by atoms with Crippen LogP contribution in [-0.4, -0.2) is 19.6 Å². The van der Waals surface area contributed by atoms with Crippen molar-refractivity contribution in [3.05, 3.63) is 166 Å². The second kappa shape index (κ2) is 18.5. The number of rotatable bonds is 8. The minimum atomic E-state index is -0.895. The van der Waals surface area contributed by atoms with E-state index >= 15 is 0 Å². The molecule has 0 aliphatic carbocycles. The molecule has 0 saturated heterocycles. The van der Waals surface area contributed by atoms with Crippen LogP contribution in [-0.2, 0) is 37.3 Å². The van der Waals surface area contributed by atoms with Crippen LogP contribution in [0, 0.1) is 19.9 Å². The normalized spacial score (nSPS) is 14.5. The number of para-hydroxylation sites is 1. The Morgan fingerprint density at radius 3 is 1.87 bits per heavy atom. The summed E-state index contributed by atoms with van der Waals surface area (Å²) in [7, 11) is 0. The number of hydrogen-bond acceptors (Lipinski definition) is 3. The molecule has 1 N–H and O–H groups in total. The maximum absolute atomic E-state index is 12.5. The summed E-state index contributed by atoms with van der Waals surface area (Å²) in [5.74, 6) is -1.16. The van der Waals surface area contributed by atoms with Crippen molar-refractivity contribution in [3.8, 4) is 67.5 Å². The number of imidazole rings is 1. The number of aromatic nitrogens is 3. The first kappa shape index (κ1) is 38.4. The van der Waals surface area contributed by atoms with Gasteiger partial charge in [0.2, 0.25) is 0 Å². The predicted molar refractivity (Wildman–Crippen MR) is 280 cm³/mol. The Labute approximate surface area is 427 Å². The molecule has 0 saturated carbocycles. The molecule has 0 spiro atoms. The number of aromatic hydroxyl groups is 1. The Kier molecular flexibility index (Phi) is 10.6. The van der Waals surface area contributed by atoms with Crippen LogP contribution in [0.25, 0.3) is 72.7 Å². The molecule has 0 atom stereocenters. The van der Waals surface area contributed by atoms with Gasteiger partial charge in [-0.3, -0.25) is 9.55 Å². The van der Waals surface area contributed by atoms with Crippen LogP contribution in [0.3, 0.4) is 0 Å². The fourth-order valence-electron chi connectivity index (χ4n) is 8.35. The average molecular weight is 1080 g/mol. The second-order valence-electron chi connectivity index (χ2n) is 21.3. The summed E-state index contributed by atoms with van der Waals surface area (Å²) in [4.78, 5) is 10.0. The van der Waals surface area contributed by atoms with Gasteiger partial charge in [0.1, 0.15) is 11.6 Å². The van der Waals surface area contributed by atoms with E-state index in [1.807, 2.05) is 89.2 Å². The molecule has 4 nitrogen and oxygen atoms in total. The van der Waals surface area contributed by atoms with Crippen molar-refractivity contribution >= 4 is 11.0 Å². The van der Waals surface area contributed by atoms with Gasteiger partial charge in [-0.25, -0.2) is 4.98 Å². The molecule has 0 unspecified atom stereocenters. The Bertz CT molecular complexity index is 3580. The molecule has 0 bridgehead atoms. The number of phenolic OH excluding ortho intramolecular Hbond substituents is 1. The van der Waals surface area contributed by atoms with E-state index in [2.05, 4.69) is 102 Å². The third kappa shape index (κ3) is 10.0. The van der Waals surface area contributed by atoms with Gasteiger partial charge in [0.25, 0.3) is 0 Å². The Morgan fingerprint density at radius 1 is 0.642 bits per heavy atom. The molecule has 0 amide bonds. The molecule has 8 aromatic rings. The molecule has 8 rings (SSSR count). The van der Waals surface area contributed by atoms with Gasteiger partial charge in [0.15, 0.2) is 0 Å². The van der Waals surface area contributed by atoms with Crippen LogP contribution in [0.1, 0.15) is 153 Å². The topological polar surface area (TPSA) is 50.9 Å². The third-order valence-corrected chi connectivity index (χ3v) is 12.4. The van der Waals surface area contributed by atoms with E-state index < -0.39 is 46.9 Å². The Hall–Kier alpha value is -5.57. The molecule has 5 heteroatoms.